The lowest BCUT2D eigenvalue weighted by Gasteiger charge is -2.13. The number of benzene rings is 1. The molecule has 0 spiro atoms. The Morgan fingerprint density at radius 2 is 1.88 bits per heavy atom. The highest BCUT2D eigenvalue weighted by Gasteiger charge is 2.16. The lowest BCUT2D eigenvalue weighted by molar-refractivity contribution is -0.126. The van der Waals surface area contributed by atoms with Crippen molar-refractivity contribution >= 4 is 11.9 Å². The topological polar surface area (TPSA) is 67.4 Å². The van der Waals surface area contributed by atoms with E-state index in [9.17, 15) is 14.0 Å². The molecule has 0 fully saturated rings. The minimum Gasteiger partial charge on any atom is -0.481 e. The van der Waals surface area contributed by atoms with Gasteiger partial charge in [-0.1, -0.05) is 0 Å². The van der Waals surface area contributed by atoms with Crippen molar-refractivity contribution in [3.05, 3.63) is 30.1 Å². The van der Waals surface area contributed by atoms with Crippen LogP contribution in [0.25, 0.3) is 0 Å². The first-order chi connectivity index (χ1) is 8.02. The monoisotopic (exact) mass is 240 g/mol. The molecule has 0 aliphatic carbocycles. The van der Waals surface area contributed by atoms with Gasteiger partial charge in [-0.3, -0.25) is 10.1 Å². The Balaban J connectivity index is 2.54. The SMILES string of the molecule is CNC(=O)NC(=O)C(C)Oc1ccc(F)cc1. The van der Waals surface area contributed by atoms with Crippen molar-refractivity contribution in [1.82, 2.24) is 10.6 Å². The van der Waals surface area contributed by atoms with Crippen LogP contribution in [0.4, 0.5) is 9.18 Å². The predicted octanol–water partition coefficient (Wildman–Crippen LogP) is 1.05. The van der Waals surface area contributed by atoms with E-state index in [0.717, 1.165) is 0 Å². The van der Waals surface area contributed by atoms with Crippen molar-refractivity contribution in [1.29, 1.82) is 0 Å². The van der Waals surface area contributed by atoms with E-state index in [0.29, 0.717) is 5.75 Å². The Labute approximate surface area is 98.0 Å². The largest absolute Gasteiger partial charge is 0.481 e. The number of imide groups is 1. The number of hydrogen-bond donors (Lipinski definition) is 2. The summed E-state index contributed by atoms with van der Waals surface area (Å²) in [5, 5.41) is 4.32. The summed E-state index contributed by atoms with van der Waals surface area (Å²) in [7, 11) is 1.40. The third-order valence-corrected chi connectivity index (χ3v) is 1.96. The van der Waals surface area contributed by atoms with Gasteiger partial charge in [-0.2, -0.15) is 0 Å². The Hall–Kier alpha value is -2.11. The Bertz CT molecular complexity index is 406. The number of urea groups is 1. The van der Waals surface area contributed by atoms with E-state index < -0.39 is 18.0 Å². The van der Waals surface area contributed by atoms with Crippen LogP contribution in [0.15, 0.2) is 24.3 Å². The molecule has 0 heterocycles. The summed E-state index contributed by atoms with van der Waals surface area (Å²) in [6.45, 7) is 1.49. The molecule has 0 aliphatic heterocycles. The van der Waals surface area contributed by atoms with Crippen LogP contribution in [0, 0.1) is 5.82 Å². The zero-order chi connectivity index (χ0) is 12.8. The van der Waals surface area contributed by atoms with Crippen molar-refractivity contribution < 1.29 is 18.7 Å². The van der Waals surface area contributed by atoms with E-state index >= 15 is 0 Å². The average molecular weight is 240 g/mol. The minimum atomic E-state index is -0.849. The zero-order valence-electron chi connectivity index (χ0n) is 9.49. The third kappa shape index (κ3) is 4.10. The van der Waals surface area contributed by atoms with E-state index in [1.807, 2.05) is 0 Å². The summed E-state index contributed by atoms with van der Waals surface area (Å²) in [6.07, 6.45) is -0.849. The fourth-order valence-corrected chi connectivity index (χ4v) is 1.05. The number of halogens is 1. The zero-order valence-corrected chi connectivity index (χ0v) is 9.49. The molecule has 0 aliphatic rings. The predicted molar refractivity (Wildman–Crippen MR) is 59.1 cm³/mol. The van der Waals surface area contributed by atoms with Crippen LogP contribution < -0.4 is 15.4 Å². The van der Waals surface area contributed by atoms with E-state index in [4.69, 9.17) is 4.74 Å². The van der Waals surface area contributed by atoms with Crippen molar-refractivity contribution in [2.75, 3.05) is 7.05 Å². The summed E-state index contributed by atoms with van der Waals surface area (Å²) in [6, 6.07) is 4.64. The molecule has 1 unspecified atom stereocenters. The maximum absolute atomic E-state index is 12.6. The van der Waals surface area contributed by atoms with Gasteiger partial charge in [0.25, 0.3) is 5.91 Å². The van der Waals surface area contributed by atoms with Gasteiger partial charge in [0.1, 0.15) is 11.6 Å². The summed E-state index contributed by atoms with van der Waals surface area (Å²) in [5.74, 6) is -0.612. The number of rotatable bonds is 3. The normalized spacial score (nSPS) is 11.5. The van der Waals surface area contributed by atoms with E-state index in [1.54, 1.807) is 0 Å². The Kier molecular flexibility index (Phi) is 4.45. The molecule has 3 amide bonds. The minimum absolute atomic E-state index is 0.353. The number of ether oxygens (including phenoxy) is 1. The summed E-state index contributed by atoms with van der Waals surface area (Å²) in [5.41, 5.74) is 0. The van der Waals surface area contributed by atoms with Crippen LogP contribution in [-0.4, -0.2) is 25.1 Å². The Morgan fingerprint density at radius 3 is 2.41 bits per heavy atom. The smallest absolute Gasteiger partial charge is 0.321 e. The molecule has 1 rings (SSSR count). The van der Waals surface area contributed by atoms with Gasteiger partial charge in [0, 0.05) is 7.05 Å². The van der Waals surface area contributed by atoms with Gasteiger partial charge in [-0.05, 0) is 31.2 Å². The van der Waals surface area contributed by atoms with E-state index in [2.05, 4.69) is 10.6 Å². The second kappa shape index (κ2) is 5.83. The molecular formula is C11H13FN2O3. The van der Waals surface area contributed by atoms with Gasteiger partial charge in [0.15, 0.2) is 6.10 Å². The van der Waals surface area contributed by atoms with Crippen LogP contribution in [0.2, 0.25) is 0 Å². The summed E-state index contributed by atoms with van der Waals surface area (Å²) < 4.78 is 17.8. The van der Waals surface area contributed by atoms with Gasteiger partial charge in [-0.25, -0.2) is 9.18 Å². The first kappa shape index (κ1) is 13.0. The quantitative estimate of drug-likeness (QED) is 0.829. The molecule has 6 heteroatoms. The highest BCUT2D eigenvalue weighted by atomic mass is 19.1. The standard InChI is InChI=1S/C11H13FN2O3/c1-7(10(15)14-11(16)13-2)17-9-5-3-8(12)4-6-9/h3-7H,1-2H3,(H2,13,14,15,16). The molecule has 2 N–H and O–H groups in total. The number of carbonyl (C=O) groups is 2. The van der Waals surface area contributed by atoms with Gasteiger partial charge < -0.3 is 10.1 Å². The van der Waals surface area contributed by atoms with Crippen LogP contribution in [0.5, 0.6) is 5.75 Å². The maximum Gasteiger partial charge on any atom is 0.321 e. The lowest BCUT2D eigenvalue weighted by atomic mass is 10.3. The number of carbonyl (C=O) groups excluding carboxylic acids is 2. The fourth-order valence-electron chi connectivity index (χ4n) is 1.05. The summed E-state index contributed by atoms with van der Waals surface area (Å²) >= 11 is 0. The van der Waals surface area contributed by atoms with Crippen LogP contribution in [-0.2, 0) is 4.79 Å². The molecule has 1 atom stereocenters. The first-order valence-corrected chi connectivity index (χ1v) is 4.97. The second-order valence-electron chi connectivity index (χ2n) is 3.28. The number of hydrogen-bond acceptors (Lipinski definition) is 3. The molecule has 0 aromatic heterocycles. The second-order valence-corrected chi connectivity index (χ2v) is 3.28. The molecule has 0 radical (unpaired) electrons. The number of nitrogens with one attached hydrogen (secondary N) is 2. The number of amides is 3. The Morgan fingerprint density at radius 1 is 1.29 bits per heavy atom. The van der Waals surface area contributed by atoms with E-state index in [-0.39, 0.29) is 5.82 Å². The van der Waals surface area contributed by atoms with Gasteiger partial charge in [0.05, 0.1) is 0 Å². The molecule has 0 bridgehead atoms. The average Bonchev–Trinajstić information content (AvgIpc) is 2.31. The van der Waals surface area contributed by atoms with Crippen LogP contribution in [0.3, 0.4) is 0 Å². The molecule has 0 saturated heterocycles. The van der Waals surface area contributed by atoms with Crippen LogP contribution in [0.1, 0.15) is 6.92 Å². The first-order valence-electron chi connectivity index (χ1n) is 4.97. The fraction of sp³-hybridized carbons (Fsp3) is 0.273. The van der Waals surface area contributed by atoms with E-state index in [1.165, 1.54) is 38.2 Å². The maximum atomic E-state index is 12.6. The summed E-state index contributed by atoms with van der Waals surface area (Å²) in [4.78, 5) is 22.3. The molecule has 1 aromatic rings. The van der Waals surface area contributed by atoms with Gasteiger partial charge in [-0.15, -0.1) is 0 Å². The third-order valence-electron chi connectivity index (χ3n) is 1.96. The van der Waals surface area contributed by atoms with Gasteiger partial charge >= 0.3 is 6.03 Å². The van der Waals surface area contributed by atoms with Crippen molar-refractivity contribution in [3.63, 3.8) is 0 Å². The molecule has 5 nitrogen and oxygen atoms in total. The molecular weight excluding hydrogens is 227 g/mol. The molecule has 17 heavy (non-hydrogen) atoms. The van der Waals surface area contributed by atoms with Crippen molar-refractivity contribution in [2.45, 2.75) is 13.0 Å². The van der Waals surface area contributed by atoms with Crippen LogP contribution >= 0.6 is 0 Å². The van der Waals surface area contributed by atoms with Gasteiger partial charge in [0.2, 0.25) is 0 Å². The van der Waals surface area contributed by atoms with Crippen molar-refractivity contribution in [2.24, 2.45) is 0 Å². The lowest BCUT2D eigenvalue weighted by Crippen LogP contribution is -2.43. The highest BCUT2D eigenvalue weighted by Crippen LogP contribution is 2.12. The van der Waals surface area contributed by atoms with Crippen molar-refractivity contribution in [3.8, 4) is 5.75 Å². The molecule has 92 valence electrons. The highest BCUT2D eigenvalue weighted by molar-refractivity contribution is 5.96. The molecule has 1 aromatic carbocycles. The molecule has 0 saturated carbocycles.